The first-order chi connectivity index (χ1) is 24.2. The van der Waals surface area contributed by atoms with Gasteiger partial charge in [0, 0.05) is 47.4 Å². The normalized spacial score (nSPS) is 15.0. The highest BCUT2D eigenvalue weighted by Crippen LogP contribution is 2.43. The first-order valence-electron chi connectivity index (χ1n) is 18.4. The lowest BCUT2D eigenvalue weighted by molar-refractivity contribution is -0.111. The van der Waals surface area contributed by atoms with Crippen molar-refractivity contribution in [2.24, 2.45) is 4.99 Å². The minimum atomic E-state index is -0.626. The fourth-order valence-electron chi connectivity index (χ4n) is 6.80. The Hall–Kier alpha value is -4.49. The second kappa shape index (κ2) is 17.4. The molecule has 5 rings (SSSR count). The van der Waals surface area contributed by atoms with E-state index in [0.29, 0.717) is 24.3 Å². The predicted molar refractivity (Wildman–Crippen MR) is 203 cm³/mol. The average Bonchev–Trinajstić information content (AvgIpc) is 3.09. The maximum absolute atomic E-state index is 13.6. The van der Waals surface area contributed by atoms with Gasteiger partial charge >= 0.3 is 5.97 Å². The summed E-state index contributed by atoms with van der Waals surface area (Å²) in [5.41, 5.74) is 8.63. The number of benzene rings is 3. The van der Waals surface area contributed by atoms with E-state index in [1.165, 1.54) is 0 Å². The van der Waals surface area contributed by atoms with Gasteiger partial charge in [-0.15, -0.1) is 0 Å². The van der Waals surface area contributed by atoms with Crippen molar-refractivity contribution in [2.45, 2.75) is 98.5 Å². The number of carbonyl (C=O) groups is 2. The van der Waals surface area contributed by atoms with Crippen LogP contribution in [0.4, 0.5) is 5.69 Å². The second-order valence-corrected chi connectivity index (χ2v) is 13.4. The molecule has 1 unspecified atom stereocenters. The highest BCUT2D eigenvalue weighted by Gasteiger charge is 2.23. The minimum absolute atomic E-state index is 0.0383. The molecule has 2 N–H and O–H groups in total. The fourth-order valence-corrected chi connectivity index (χ4v) is 6.80. The standard InChI is InChI=1S/C43H52N2O5/c1-6-44-36-26-40-34(22-28(36)3)42(35-23-29(4)37(45-7-2)27-41(35)50-40)32-19-15-16-20-33(32)43(48)49-21-17-13-11-9-8-10-12-14-18-31-25-38(46)30(5)24-39(31)47/h15-16,19-20,22-27,38,44,46H,6-14,17-18,21H2,1-5H3. The van der Waals surface area contributed by atoms with Crippen molar-refractivity contribution in [3.63, 3.8) is 0 Å². The number of carbonyl (C=O) groups excluding carboxylic acids is 2. The molecule has 1 heterocycles. The molecule has 3 aliphatic rings. The lowest BCUT2D eigenvalue weighted by Crippen LogP contribution is -2.15. The zero-order chi connectivity index (χ0) is 35.6. The van der Waals surface area contributed by atoms with Crippen LogP contribution in [-0.4, -0.2) is 42.7 Å². The number of hydrogen-bond donors (Lipinski definition) is 2. The molecule has 2 aliphatic carbocycles. The summed E-state index contributed by atoms with van der Waals surface area (Å²) in [6.45, 7) is 11.9. The van der Waals surface area contributed by atoms with Crippen molar-refractivity contribution < 1.29 is 23.8 Å². The van der Waals surface area contributed by atoms with Gasteiger partial charge in [0.15, 0.2) is 5.78 Å². The van der Waals surface area contributed by atoms with E-state index >= 15 is 0 Å². The first kappa shape index (κ1) is 36.8. The summed E-state index contributed by atoms with van der Waals surface area (Å²) in [7, 11) is 0. The molecular formula is C43H52N2O5. The summed E-state index contributed by atoms with van der Waals surface area (Å²) in [6, 6.07) is 16.0. The lowest BCUT2D eigenvalue weighted by atomic mass is 9.89. The number of esters is 1. The number of rotatable bonds is 16. The Morgan fingerprint density at radius 1 is 0.900 bits per heavy atom. The molecule has 0 saturated carbocycles. The molecule has 50 heavy (non-hydrogen) atoms. The molecule has 0 aromatic heterocycles. The van der Waals surface area contributed by atoms with Gasteiger partial charge in [-0.25, -0.2) is 4.79 Å². The molecule has 2 aromatic carbocycles. The van der Waals surface area contributed by atoms with E-state index in [0.717, 1.165) is 125 Å². The largest absolute Gasteiger partial charge is 0.462 e. The summed E-state index contributed by atoms with van der Waals surface area (Å²) in [4.78, 5) is 30.4. The number of hydrogen-bond acceptors (Lipinski definition) is 7. The Kier molecular flexibility index (Phi) is 12.8. The van der Waals surface area contributed by atoms with Crippen molar-refractivity contribution in [3.8, 4) is 22.5 Å². The Bertz CT molecular complexity index is 1930. The Balaban J connectivity index is 1.21. The van der Waals surface area contributed by atoms with E-state index in [1.54, 1.807) is 19.1 Å². The van der Waals surface area contributed by atoms with Gasteiger partial charge in [-0.1, -0.05) is 56.7 Å². The number of nitrogens with one attached hydrogen (secondary N) is 1. The van der Waals surface area contributed by atoms with Gasteiger partial charge in [0.25, 0.3) is 0 Å². The summed E-state index contributed by atoms with van der Waals surface area (Å²) >= 11 is 0. The number of ether oxygens (including phenoxy) is 1. The molecule has 7 heteroatoms. The molecule has 264 valence electrons. The highest BCUT2D eigenvalue weighted by molar-refractivity contribution is 6.08. The van der Waals surface area contributed by atoms with Crippen molar-refractivity contribution >= 4 is 28.4 Å². The smallest absolute Gasteiger partial charge is 0.338 e. The summed E-state index contributed by atoms with van der Waals surface area (Å²) in [6.07, 6.45) is 11.7. The minimum Gasteiger partial charge on any atom is -0.462 e. The van der Waals surface area contributed by atoms with Crippen LogP contribution in [0.5, 0.6) is 0 Å². The van der Waals surface area contributed by atoms with Crippen LogP contribution in [0, 0.1) is 13.8 Å². The summed E-state index contributed by atoms with van der Waals surface area (Å²) < 4.78 is 12.4. The number of anilines is 1. The number of aliphatic hydroxyl groups is 1. The van der Waals surface area contributed by atoms with E-state index < -0.39 is 6.10 Å². The average molecular weight is 677 g/mol. The van der Waals surface area contributed by atoms with E-state index in [2.05, 4.69) is 49.3 Å². The van der Waals surface area contributed by atoms with Gasteiger partial charge in [-0.2, -0.15) is 0 Å². The Morgan fingerprint density at radius 3 is 2.36 bits per heavy atom. The van der Waals surface area contributed by atoms with E-state index in [-0.39, 0.29) is 11.8 Å². The molecule has 0 fully saturated rings. The van der Waals surface area contributed by atoms with Crippen LogP contribution in [0.2, 0.25) is 0 Å². The van der Waals surface area contributed by atoms with Crippen LogP contribution >= 0.6 is 0 Å². The number of nitrogens with zero attached hydrogens (tertiary/aromatic N) is 1. The quantitative estimate of drug-likeness (QED) is 0.0696. The topological polar surface area (TPSA) is 101 Å². The number of aliphatic hydroxyl groups excluding tert-OH is 1. The van der Waals surface area contributed by atoms with Crippen LogP contribution in [0.25, 0.3) is 33.4 Å². The summed E-state index contributed by atoms with van der Waals surface area (Å²) in [5.74, 6) is 0.447. The maximum atomic E-state index is 13.6. The number of allylic oxidation sites excluding steroid dienone is 2. The Labute approximate surface area is 296 Å². The zero-order valence-corrected chi connectivity index (χ0v) is 30.4. The molecule has 2 aromatic rings. The fraction of sp³-hybridized carbons (Fsp3) is 0.419. The number of unbranched alkanes of at least 4 members (excludes halogenated alkanes) is 7. The predicted octanol–water partition coefficient (Wildman–Crippen LogP) is 9.66. The molecule has 0 spiro atoms. The number of ketones is 1. The van der Waals surface area contributed by atoms with Crippen LogP contribution in [0.1, 0.15) is 100 Å². The number of aryl methyl sites for hydroxylation is 2. The second-order valence-electron chi connectivity index (χ2n) is 13.4. The molecular weight excluding hydrogens is 624 g/mol. The van der Waals surface area contributed by atoms with Gasteiger partial charge in [-0.05, 0) is 112 Å². The lowest BCUT2D eigenvalue weighted by Gasteiger charge is -2.20. The Morgan fingerprint density at radius 2 is 1.62 bits per heavy atom. The van der Waals surface area contributed by atoms with Gasteiger partial charge < -0.3 is 19.6 Å². The molecule has 0 saturated heterocycles. The van der Waals surface area contributed by atoms with Crippen LogP contribution in [-0.2, 0) is 9.53 Å². The van der Waals surface area contributed by atoms with Gasteiger partial charge in [0.2, 0.25) is 0 Å². The first-order valence-corrected chi connectivity index (χ1v) is 18.4. The van der Waals surface area contributed by atoms with E-state index in [9.17, 15) is 14.7 Å². The highest BCUT2D eigenvalue weighted by atomic mass is 16.5. The van der Waals surface area contributed by atoms with Crippen molar-refractivity contribution in [3.05, 3.63) is 93.9 Å². The maximum Gasteiger partial charge on any atom is 0.338 e. The van der Waals surface area contributed by atoms with Crippen LogP contribution in [0.15, 0.2) is 81.2 Å². The third-order valence-electron chi connectivity index (χ3n) is 9.57. The zero-order valence-electron chi connectivity index (χ0n) is 30.4. The van der Waals surface area contributed by atoms with Crippen LogP contribution in [0.3, 0.4) is 0 Å². The molecule has 7 nitrogen and oxygen atoms in total. The molecule has 1 aliphatic heterocycles. The van der Waals surface area contributed by atoms with Gasteiger partial charge in [0.1, 0.15) is 11.3 Å². The third kappa shape index (κ3) is 8.80. The third-order valence-corrected chi connectivity index (χ3v) is 9.57. The summed E-state index contributed by atoms with van der Waals surface area (Å²) in [5, 5.41) is 15.3. The van der Waals surface area contributed by atoms with Gasteiger partial charge in [0.05, 0.1) is 23.6 Å². The molecule has 0 bridgehead atoms. The SMILES string of the molecule is CCN=c1cc2oc3cc(NCC)c(C)cc3c(-c3ccccc3C(=O)OCCCCCCCCCCC3=CC(O)C(C)=CC3=O)c-2cc1C. The van der Waals surface area contributed by atoms with Crippen molar-refractivity contribution in [2.75, 3.05) is 25.0 Å². The van der Waals surface area contributed by atoms with E-state index in [4.69, 9.17) is 9.15 Å². The molecule has 0 radical (unpaired) electrons. The number of fused-ring (bicyclic) bond motifs is 2. The van der Waals surface area contributed by atoms with Gasteiger partial charge in [-0.3, -0.25) is 9.79 Å². The van der Waals surface area contributed by atoms with Crippen molar-refractivity contribution in [1.29, 1.82) is 0 Å². The van der Waals surface area contributed by atoms with E-state index in [1.807, 2.05) is 37.3 Å². The van der Waals surface area contributed by atoms with Crippen molar-refractivity contribution in [1.82, 2.24) is 0 Å². The molecule has 1 atom stereocenters. The van der Waals surface area contributed by atoms with Crippen LogP contribution < -0.4 is 10.7 Å². The monoisotopic (exact) mass is 676 g/mol. The molecule has 0 amide bonds.